The number of ether oxygens (including phenoxy) is 2. The summed E-state index contributed by atoms with van der Waals surface area (Å²) < 4.78 is 12.5. The first kappa shape index (κ1) is 29.0. The van der Waals surface area contributed by atoms with Crippen molar-refractivity contribution in [2.75, 3.05) is 24.7 Å². The molecule has 0 aromatic heterocycles. The third kappa shape index (κ3) is 4.61. The first-order chi connectivity index (χ1) is 18.6. The molecular formula is C31H42N2O6. The Morgan fingerprint density at radius 1 is 1.28 bits per heavy atom. The van der Waals surface area contributed by atoms with Crippen LogP contribution < -0.4 is 4.90 Å². The predicted molar refractivity (Wildman–Crippen MR) is 149 cm³/mol. The van der Waals surface area contributed by atoms with Crippen molar-refractivity contribution in [3.63, 3.8) is 0 Å². The lowest BCUT2D eigenvalue weighted by atomic mass is 9.65. The molecule has 39 heavy (non-hydrogen) atoms. The van der Waals surface area contributed by atoms with E-state index in [0.29, 0.717) is 25.7 Å². The summed E-state index contributed by atoms with van der Waals surface area (Å²) in [4.78, 5) is 45.5. The SMILES string of the molecule is C=CCCCOC(=O)[C@@H]1[C@H]2C(=O)N([C@H](C)CO)C(C(=O)N(CC=C)c3cc(C)ccc3C)C23CC[C@@]1(CC)O3. The number of fused-ring (bicyclic) bond motifs is 1. The fraction of sp³-hybridized carbons (Fsp3) is 0.581. The molecule has 3 aliphatic rings. The van der Waals surface area contributed by atoms with Gasteiger partial charge in [0.2, 0.25) is 5.91 Å². The number of rotatable bonds is 12. The normalized spacial score (nSPS) is 29.7. The van der Waals surface area contributed by atoms with Gasteiger partial charge in [-0.15, -0.1) is 13.2 Å². The molecule has 1 aromatic carbocycles. The van der Waals surface area contributed by atoms with Crippen LogP contribution in [-0.4, -0.2) is 70.8 Å². The monoisotopic (exact) mass is 538 g/mol. The van der Waals surface area contributed by atoms with Gasteiger partial charge in [0.1, 0.15) is 17.6 Å². The highest BCUT2D eigenvalue weighted by molar-refractivity contribution is 6.05. The van der Waals surface area contributed by atoms with Crippen molar-refractivity contribution < 1.29 is 29.0 Å². The highest BCUT2D eigenvalue weighted by Crippen LogP contribution is 2.65. The van der Waals surface area contributed by atoms with Gasteiger partial charge in [-0.1, -0.05) is 31.2 Å². The van der Waals surface area contributed by atoms with E-state index in [1.165, 1.54) is 4.90 Å². The van der Waals surface area contributed by atoms with Crippen LogP contribution in [0.5, 0.6) is 0 Å². The standard InChI is InChI=1S/C31H42N2O6/c1-7-10-11-17-38-29(37)25-24-27(35)33(22(6)19-34)26(31(24)15-14-30(25,9-3)39-31)28(36)32(16-8-2)23-18-20(4)12-13-21(23)5/h7-8,12-13,18,22,24-26,34H,1-2,9-11,14-17,19H2,3-6H3/t22-,24+,25+,26?,30-,31?/m1/s1. The molecule has 2 unspecified atom stereocenters. The Morgan fingerprint density at radius 2 is 2.03 bits per heavy atom. The molecular weight excluding hydrogens is 496 g/mol. The molecule has 4 rings (SSSR count). The van der Waals surface area contributed by atoms with Crippen LogP contribution in [-0.2, 0) is 23.9 Å². The lowest BCUT2D eigenvalue weighted by Crippen LogP contribution is -2.58. The minimum absolute atomic E-state index is 0.230. The van der Waals surface area contributed by atoms with E-state index in [9.17, 15) is 19.5 Å². The quantitative estimate of drug-likeness (QED) is 0.247. The number of allylic oxidation sites excluding steroid dienone is 1. The number of aliphatic hydroxyl groups excluding tert-OH is 1. The largest absolute Gasteiger partial charge is 0.465 e. The number of amides is 2. The Bertz CT molecular complexity index is 1150. The number of aliphatic hydroxyl groups is 1. The average molecular weight is 539 g/mol. The number of hydrogen-bond acceptors (Lipinski definition) is 6. The van der Waals surface area contributed by atoms with E-state index in [1.807, 2.05) is 39.0 Å². The summed E-state index contributed by atoms with van der Waals surface area (Å²) >= 11 is 0. The zero-order valence-electron chi connectivity index (χ0n) is 23.7. The van der Waals surface area contributed by atoms with E-state index >= 15 is 0 Å². The summed E-state index contributed by atoms with van der Waals surface area (Å²) in [6.07, 6.45) is 6.34. The van der Waals surface area contributed by atoms with Crippen molar-refractivity contribution in [2.45, 2.75) is 83.1 Å². The van der Waals surface area contributed by atoms with Gasteiger partial charge in [0.05, 0.1) is 30.8 Å². The molecule has 0 saturated carbocycles. The zero-order chi connectivity index (χ0) is 28.5. The molecule has 8 heteroatoms. The van der Waals surface area contributed by atoms with Crippen LogP contribution in [0.15, 0.2) is 43.5 Å². The molecule has 0 radical (unpaired) electrons. The van der Waals surface area contributed by atoms with E-state index in [4.69, 9.17) is 9.47 Å². The van der Waals surface area contributed by atoms with E-state index in [0.717, 1.165) is 23.2 Å². The maximum atomic E-state index is 14.6. The summed E-state index contributed by atoms with van der Waals surface area (Å²) in [7, 11) is 0. The molecule has 3 aliphatic heterocycles. The average Bonchev–Trinajstić information content (AvgIpc) is 3.54. The number of benzene rings is 1. The Kier molecular flexibility index (Phi) is 8.38. The molecule has 0 aliphatic carbocycles. The van der Waals surface area contributed by atoms with Gasteiger partial charge in [-0.2, -0.15) is 0 Å². The molecule has 2 amide bonds. The molecule has 2 bridgehead atoms. The third-order valence-corrected chi connectivity index (χ3v) is 8.88. The maximum Gasteiger partial charge on any atom is 0.312 e. The number of carbonyl (C=O) groups excluding carboxylic acids is 3. The second-order valence-electron chi connectivity index (χ2n) is 11.2. The first-order valence-corrected chi connectivity index (χ1v) is 14.0. The maximum absolute atomic E-state index is 14.6. The van der Waals surface area contributed by atoms with Gasteiger partial charge in [-0.25, -0.2) is 0 Å². The highest BCUT2D eigenvalue weighted by atomic mass is 16.6. The number of carbonyl (C=O) groups is 3. The van der Waals surface area contributed by atoms with Gasteiger partial charge in [-0.05, 0) is 70.1 Å². The van der Waals surface area contributed by atoms with E-state index in [-0.39, 0.29) is 31.6 Å². The second kappa shape index (κ2) is 11.3. The Hall–Kier alpha value is -2.97. The van der Waals surface area contributed by atoms with Gasteiger partial charge in [0.15, 0.2) is 0 Å². The fourth-order valence-corrected chi connectivity index (χ4v) is 6.94. The molecule has 1 aromatic rings. The number of unbranched alkanes of at least 4 members (excludes halogenated alkanes) is 1. The van der Waals surface area contributed by atoms with Crippen molar-refractivity contribution >= 4 is 23.5 Å². The highest BCUT2D eigenvalue weighted by Gasteiger charge is 2.79. The summed E-state index contributed by atoms with van der Waals surface area (Å²) in [5.74, 6) is -2.76. The Labute approximate surface area is 231 Å². The van der Waals surface area contributed by atoms with Crippen LogP contribution in [0.2, 0.25) is 0 Å². The molecule has 212 valence electrons. The summed E-state index contributed by atoms with van der Waals surface area (Å²) in [6, 6.07) is 4.27. The first-order valence-electron chi connectivity index (χ1n) is 14.0. The van der Waals surface area contributed by atoms with Crippen LogP contribution in [0.3, 0.4) is 0 Å². The summed E-state index contributed by atoms with van der Waals surface area (Å²) in [5.41, 5.74) is 0.596. The van der Waals surface area contributed by atoms with Crippen molar-refractivity contribution in [1.82, 2.24) is 4.90 Å². The number of hydrogen-bond donors (Lipinski definition) is 1. The smallest absolute Gasteiger partial charge is 0.312 e. The number of anilines is 1. The molecule has 1 spiro atoms. The minimum Gasteiger partial charge on any atom is -0.465 e. The predicted octanol–water partition coefficient (Wildman–Crippen LogP) is 3.87. The number of likely N-dealkylation sites (tertiary alicyclic amines) is 1. The molecule has 6 atom stereocenters. The molecule has 1 N–H and O–H groups in total. The van der Waals surface area contributed by atoms with Gasteiger partial charge >= 0.3 is 5.97 Å². The van der Waals surface area contributed by atoms with Gasteiger partial charge in [-0.3, -0.25) is 14.4 Å². The van der Waals surface area contributed by atoms with Crippen molar-refractivity contribution in [2.24, 2.45) is 11.8 Å². The molecule has 3 heterocycles. The van der Waals surface area contributed by atoms with Crippen LogP contribution in [0.25, 0.3) is 0 Å². The van der Waals surface area contributed by atoms with Crippen molar-refractivity contribution in [3.8, 4) is 0 Å². The molecule has 8 nitrogen and oxygen atoms in total. The van der Waals surface area contributed by atoms with E-state index in [1.54, 1.807) is 24.0 Å². The van der Waals surface area contributed by atoms with Crippen molar-refractivity contribution in [3.05, 3.63) is 54.6 Å². The zero-order valence-corrected chi connectivity index (χ0v) is 23.7. The number of esters is 1. The summed E-state index contributed by atoms with van der Waals surface area (Å²) in [6.45, 7) is 15.3. The van der Waals surface area contributed by atoms with Crippen LogP contribution >= 0.6 is 0 Å². The minimum atomic E-state index is -1.18. The van der Waals surface area contributed by atoms with Gasteiger partial charge < -0.3 is 24.4 Å². The Balaban J connectivity index is 1.80. The topological polar surface area (TPSA) is 96.4 Å². The molecule has 3 fully saturated rings. The fourth-order valence-electron chi connectivity index (χ4n) is 6.94. The lowest BCUT2D eigenvalue weighted by molar-refractivity contribution is -0.162. The lowest BCUT2D eigenvalue weighted by Gasteiger charge is -2.39. The number of aryl methyl sites for hydroxylation is 2. The van der Waals surface area contributed by atoms with E-state index < -0.39 is 41.1 Å². The summed E-state index contributed by atoms with van der Waals surface area (Å²) in [5, 5.41) is 10.1. The van der Waals surface area contributed by atoms with Gasteiger partial charge in [0, 0.05) is 12.2 Å². The third-order valence-electron chi connectivity index (χ3n) is 8.88. The van der Waals surface area contributed by atoms with Gasteiger partial charge in [0.25, 0.3) is 5.91 Å². The Morgan fingerprint density at radius 3 is 2.67 bits per heavy atom. The molecule has 3 saturated heterocycles. The van der Waals surface area contributed by atoms with Crippen molar-refractivity contribution in [1.29, 1.82) is 0 Å². The second-order valence-corrected chi connectivity index (χ2v) is 11.2. The van der Waals surface area contributed by atoms with Crippen LogP contribution in [0, 0.1) is 25.7 Å². The number of nitrogens with zero attached hydrogens (tertiary/aromatic N) is 2. The van der Waals surface area contributed by atoms with E-state index in [2.05, 4.69) is 13.2 Å². The van der Waals surface area contributed by atoms with Crippen LogP contribution in [0.4, 0.5) is 5.69 Å². The van der Waals surface area contributed by atoms with Crippen LogP contribution in [0.1, 0.15) is 57.1 Å².